The fourth-order valence-corrected chi connectivity index (χ4v) is 1.62. The number of halogens is 3. The molecule has 0 radical (unpaired) electrons. The molecule has 0 bridgehead atoms. The van der Waals surface area contributed by atoms with Gasteiger partial charge in [-0.05, 0) is 0 Å². The largest absolute Gasteiger partial charge is 0.490 e. The topological polar surface area (TPSA) is 90.9 Å². The second-order valence-corrected chi connectivity index (χ2v) is 5.30. The molecule has 29 heavy (non-hydrogen) atoms. The van der Waals surface area contributed by atoms with Gasteiger partial charge in [0.2, 0.25) is 0 Å². The molecule has 0 aliphatic rings. The van der Waals surface area contributed by atoms with E-state index in [2.05, 4.69) is 4.74 Å². The second-order valence-electron chi connectivity index (χ2n) is 5.30. The van der Waals surface area contributed by atoms with E-state index in [1.165, 1.54) is 0 Å². The van der Waals surface area contributed by atoms with Gasteiger partial charge in [0, 0.05) is 7.11 Å². The summed E-state index contributed by atoms with van der Waals surface area (Å²) < 4.78 is 75.6. The predicted molar refractivity (Wildman–Crippen MR) is 93.8 cm³/mol. The van der Waals surface area contributed by atoms with Crippen molar-refractivity contribution in [3.05, 3.63) is 0 Å². The molecule has 174 valence electrons. The van der Waals surface area contributed by atoms with Crippen LogP contribution in [0, 0.1) is 0 Å². The summed E-state index contributed by atoms with van der Waals surface area (Å²) in [6.07, 6.45) is -4.98. The average molecular weight is 436 g/mol. The maximum absolute atomic E-state index is 11.8. The van der Waals surface area contributed by atoms with Crippen molar-refractivity contribution in [3.8, 4) is 0 Å². The molecule has 0 saturated heterocycles. The van der Waals surface area contributed by atoms with E-state index in [1.54, 1.807) is 7.11 Å². The minimum Gasteiger partial charge on any atom is -0.457 e. The number of hydrogen-bond donors (Lipinski definition) is 0. The Morgan fingerprint density at radius 2 is 0.828 bits per heavy atom. The van der Waals surface area contributed by atoms with E-state index >= 15 is 0 Å². The monoisotopic (exact) mass is 436 g/mol. The Balaban J connectivity index is 3.09. The van der Waals surface area contributed by atoms with Crippen LogP contribution < -0.4 is 0 Å². The lowest BCUT2D eigenvalue weighted by Crippen LogP contribution is -2.26. The summed E-state index contributed by atoms with van der Waals surface area (Å²) in [5.74, 6) is -2.23. The lowest BCUT2D eigenvalue weighted by Gasteiger charge is -2.09. The first-order valence-corrected chi connectivity index (χ1v) is 9.17. The Bertz CT molecular complexity index is 371. The van der Waals surface area contributed by atoms with Gasteiger partial charge in [0.1, 0.15) is 6.61 Å². The molecule has 0 spiro atoms. The Hall–Kier alpha value is -1.02. The summed E-state index contributed by atoms with van der Waals surface area (Å²) in [5.41, 5.74) is 0. The van der Waals surface area contributed by atoms with Crippen LogP contribution in [-0.2, 0) is 42.7 Å². The van der Waals surface area contributed by atoms with Gasteiger partial charge >= 0.3 is 12.1 Å². The van der Waals surface area contributed by atoms with Crippen molar-refractivity contribution in [1.29, 1.82) is 0 Å². The zero-order chi connectivity index (χ0) is 21.6. The van der Waals surface area contributed by atoms with Crippen molar-refractivity contribution in [3.63, 3.8) is 0 Å². The SMILES string of the molecule is COCCOCCOCCOCCOCCOCCOCCOC(=O)C(F)(F)F. The Morgan fingerprint density at radius 1 is 0.552 bits per heavy atom. The summed E-state index contributed by atoms with van der Waals surface area (Å²) >= 11 is 0. The molecule has 0 aromatic heterocycles. The van der Waals surface area contributed by atoms with Crippen LogP contribution in [-0.4, -0.2) is 112 Å². The van der Waals surface area contributed by atoms with Crippen LogP contribution in [0.5, 0.6) is 0 Å². The van der Waals surface area contributed by atoms with E-state index in [9.17, 15) is 18.0 Å². The van der Waals surface area contributed by atoms with E-state index in [1.807, 2.05) is 0 Å². The van der Waals surface area contributed by atoms with Crippen LogP contribution in [0.1, 0.15) is 0 Å². The molecule has 0 N–H and O–H groups in total. The Labute approximate surface area is 168 Å². The van der Waals surface area contributed by atoms with E-state index in [4.69, 9.17) is 33.2 Å². The van der Waals surface area contributed by atoms with E-state index < -0.39 is 18.8 Å². The van der Waals surface area contributed by atoms with E-state index in [-0.39, 0.29) is 19.8 Å². The lowest BCUT2D eigenvalue weighted by atomic mass is 10.6. The molecule has 0 aromatic carbocycles. The summed E-state index contributed by atoms with van der Waals surface area (Å²) in [6.45, 7) is 4.48. The molecule has 0 fully saturated rings. The Morgan fingerprint density at radius 3 is 1.10 bits per heavy atom. The number of rotatable bonds is 21. The first-order valence-electron chi connectivity index (χ1n) is 9.17. The van der Waals surface area contributed by atoms with Gasteiger partial charge in [0.15, 0.2) is 0 Å². The summed E-state index contributed by atoms with van der Waals surface area (Å²) in [7, 11) is 1.61. The number of esters is 1. The molecular formula is C17H31F3O9. The zero-order valence-corrected chi connectivity index (χ0v) is 16.7. The van der Waals surface area contributed by atoms with Crippen LogP contribution in [0.4, 0.5) is 13.2 Å². The molecule has 0 unspecified atom stereocenters. The molecule has 9 nitrogen and oxygen atoms in total. The number of methoxy groups -OCH3 is 1. The normalized spacial score (nSPS) is 11.7. The van der Waals surface area contributed by atoms with Gasteiger partial charge in [-0.3, -0.25) is 0 Å². The van der Waals surface area contributed by atoms with Gasteiger partial charge < -0.3 is 37.9 Å². The fraction of sp³-hybridized carbons (Fsp3) is 0.941. The molecule has 0 amide bonds. The number of hydrogen-bond acceptors (Lipinski definition) is 9. The highest BCUT2D eigenvalue weighted by Crippen LogP contribution is 2.16. The minimum absolute atomic E-state index is 0.135. The van der Waals surface area contributed by atoms with Gasteiger partial charge in [-0.2, -0.15) is 13.2 Å². The molecule has 0 aliphatic carbocycles. The average Bonchev–Trinajstić information content (AvgIpc) is 2.68. The summed E-state index contributed by atoms with van der Waals surface area (Å²) in [4.78, 5) is 10.4. The van der Waals surface area contributed by atoms with Crippen molar-refractivity contribution in [2.45, 2.75) is 6.18 Å². The van der Waals surface area contributed by atoms with E-state index in [0.29, 0.717) is 66.1 Å². The van der Waals surface area contributed by atoms with Gasteiger partial charge in [-0.15, -0.1) is 0 Å². The number of ether oxygens (including phenoxy) is 8. The quantitative estimate of drug-likeness (QED) is 0.192. The first-order chi connectivity index (χ1) is 14.0. The van der Waals surface area contributed by atoms with Crippen molar-refractivity contribution >= 4 is 5.97 Å². The van der Waals surface area contributed by atoms with Crippen molar-refractivity contribution < 1.29 is 55.9 Å². The van der Waals surface area contributed by atoms with Crippen LogP contribution in [0.2, 0.25) is 0 Å². The molecule has 0 atom stereocenters. The molecule has 0 heterocycles. The van der Waals surface area contributed by atoms with Crippen LogP contribution >= 0.6 is 0 Å². The third-order valence-corrected chi connectivity index (χ3v) is 2.98. The highest BCUT2D eigenvalue weighted by Gasteiger charge is 2.40. The molecule has 0 aliphatic heterocycles. The minimum atomic E-state index is -4.98. The van der Waals surface area contributed by atoms with Crippen molar-refractivity contribution in [1.82, 2.24) is 0 Å². The summed E-state index contributed by atoms with van der Waals surface area (Å²) in [5, 5.41) is 0. The molecule has 0 aromatic rings. The third kappa shape index (κ3) is 21.5. The zero-order valence-electron chi connectivity index (χ0n) is 16.7. The molecule has 0 rings (SSSR count). The van der Waals surface area contributed by atoms with Crippen molar-refractivity contribution in [2.24, 2.45) is 0 Å². The van der Waals surface area contributed by atoms with Crippen LogP contribution in [0.15, 0.2) is 0 Å². The van der Waals surface area contributed by atoms with Gasteiger partial charge in [-0.1, -0.05) is 0 Å². The van der Waals surface area contributed by atoms with Crippen LogP contribution in [0.25, 0.3) is 0 Å². The lowest BCUT2D eigenvalue weighted by molar-refractivity contribution is -0.200. The second kappa shape index (κ2) is 20.3. The standard InChI is InChI=1S/C17H31F3O9/c1-22-2-3-23-4-5-24-6-7-25-8-9-26-10-11-27-12-13-28-14-15-29-16(21)17(18,19)20/h2-15H2,1H3. The van der Waals surface area contributed by atoms with E-state index in [0.717, 1.165) is 0 Å². The predicted octanol–water partition coefficient (Wildman–Crippen LogP) is 0.838. The van der Waals surface area contributed by atoms with Gasteiger partial charge in [0.05, 0.1) is 85.9 Å². The fourth-order valence-electron chi connectivity index (χ4n) is 1.62. The van der Waals surface area contributed by atoms with Gasteiger partial charge in [0.25, 0.3) is 0 Å². The van der Waals surface area contributed by atoms with Gasteiger partial charge in [-0.25, -0.2) is 4.79 Å². The smallest absolute Gasteiger partial charge is 0.457 e. The first kappa shape index (κ1) is 28.0. The highest BCUT2D eigenvalue weighted by atomic mass is 19.4. The highest BCUT2D eigenvalue weighted by molar-refractivity contribution is 5.75. The maximum Gasteiger partial charge on any atom is 0.490 e. The number of carbonyl (C=O) groups is 1. The van der Waals surface area contributed by atoms with Crippen LogP contribution in [0.3, 0.4) is 0 Å². The number of carbonyl (C=O) groups excluding carboxylic acids is 1. The van der Waals surface area contributed by atoms with Crippen molar-refractivity contribution in [2.75, 3.05) is 99.6 Å². The number of alkyl halides is 3. The summed E-state index contributed by atoms with van der Waals surface area (Å²) in [6, 6.07) is 0. The third-order valence-electron chi connectivity index (χ3n) is 2.98. The Kier molecular flexibility index (Phi) is 19.5. The molecular weight excluding hydrogens is 405 g/mol. The maximum atomic E-state index is 11.8. The molecule has 0 saturated carbocycles. The molecule has 12 heteroatoms.